The summed E-state index contributed by atoms with van der Waals surface area (Å²) in [5.74, 6) is 3.31. The lowest BCUT2D eigenvalue weighted by Gasteiger charge is -2.41. The summed E-state index contributed by atoms with van der Waals surface area (Å²) in [4.78, 5) is 14.6. The quantitative estimate of drug-likeness (QED) is 0.441. The zero-order chi connectivity index (χ0) is 17.0. The molecule has 0 aromatic heterocycles. The number of rotatable bonds is 4. The van der Waals surface area contributed by atoms with Gasteiger partial charge in [-0.2, -0.15) is 5.26 Å². The molecule has 0 radical (unpaired) electrons. The van der Waals surface area contributed by atoms with E-state index < -0.39 is 0 Å². The van der Waals surface area contributed by atoms with Crippen molar-refractivity contribution in [3.8, 4) is 6.26 Å². The molecule has 0 aromatic carbocycles. The third-order valence-corrected chi connectivity index (χ3v) is 6.17. The van der Waals surface area contributed by atoms with Crippen molar-refractivity contribution < 1.29 is 9.53 Å². The average Bonchev–Trinajstić information content (AvgIpc) is 2.47. The van der Waals surface area contributed by atoms with E-state index in [-0.39, 0.29) is 12.1 Å². The Labute approximate surface area is 140 Å². The fourth-order valence-corrected chi connectivity index (χ4v) is 5.43. The Morgan fingerprint density at radius 2 is 1.43 bits per heavy atom. The molecule has 23 heavy (non-hydrogen) atoms. The number of hydrogen-bond acceptors (Lipinski definition) is 4. The van der Waals surface area contributed by atoms with Gasteiger partial charge in [0.25, 0.3) is 6.26 Å². The van der Waals surface area contributed by atoms with Crippen LogP contribution in [0.1, 0.15) is 59.8 Å². The predicted molar refractivity (Wildman–Crippen MR) is 89.1 cm³/mol. The van der Waals surface area contributed by atoms with E-state index in [2.05, 4.69) is 32.7 Å². The van der Waals surface area contributed by atoms with E-state index >= 15 is 0 Å². The number of isocyanates is 1. The lowest BCUT2D eigenvalue weighted by atomic mass is 9.66. The van der Waals surface area contributed by atoms with Gasteiger partial charge in [-0.3, -0.25) is 0 Å². The fourth-order valence-electron chi connectivity index (χ4n) is 5.43. The van der Waals surface area contributed by atoms with Crippen LogP contribution in [0, 0.1) is 47.0 Å². The second-order valence-electron chi connectivity index (χ2n) is 8.20. The Morgan fingerprint density at radius 1 is 0.957 bits per heavy atom. The zero-order valence-corrected chi connectivity index (χ0v) is 14.9. The molecule has 0 N–H and O–H groups in total. The van der Waals surface area contributed by atoms with Gasteiger partial charge in [-0.15, -0.1) is 0 Å². The van der Waals surface area contributed by atoms with Crippen LogP contribution in [-0.2, 0) is 9.53 Å². The second kappa shape index (κ2) is 7.97. The lowest BCUT2D eigenvalue weighted by molar-refractivity contribution is 0.000283. The van der Waals surface area contributed by atoms with Crippen LogP contribution in [0.25, 0.3) is 0 Å². The number of ether oxygens (including phenoxy) is 1. The summed E-state index contributed by atoms with van der Waals surface area (Å²) >= 11 is 0. The molecule has 0 spiro atoms. The van der Waals surface area contributed by atoms with Crippen LogP contribution < -0.4 is 0 Å². The number of nitrogens with zero attached hydrogens (tertiary/aromatic N) is 2. The van der Waals surface area contributed by atoms with Gasteiger partial charge in [-0.1, -0.05) is 27.7 Å². The minimum atomic E-state index is 0.0896. The molecule has 4 atom stereocenters. The molecule has 128 valence electrons. The van der Waals surface area contributed by atoms with Gasteiger partial charge >= 0.3 is 0 Å². The minimum absolute atomic E-state index is 0.0896. The maximum absolute atomic E-state index is 10.6. The highest BCUT2D eigenvalue weighted by molar-refractivity contribution is 5.33. The van der Waals surface area contributed by atoms with Crippen molar-refractivity contribution in [1.82, 2.24) is 0 Å². The van der Waals surface area contributed by atoms with Gasteiger partial charge in [0.1, 0.15) is 6.10 Å². The van der Waals surface area contributed by atoms with E-state index in [1.165, 1.54) is 6.42 Å². The third kappa shape index (κ3) is 4.36. The van der Waals surface area contributed by atoms with Crippen molar-refractivity contribution in [2.24, 2.45) is 40.5 Å². The molecule has 2 fully saturated rings. The molecule has 4 unspecified atom stereocenters. The van der Waals surface area contributed by atoms with Crippen LogP contribution in [0.3, 0.4) is 0 Å². The Hall–Kier alpha value is -1.33. The highest BCUT2D eigenvalue weighted by atomic mass is 16.5. The van der Waals surface area contributed by atoms with E-state index in [4.69, 9.17) is 10.00 Å². The van der Waals surface area contributed by atoms with E-state index in [0.717, 1.165) is 37.5 Å². The fraction of sp³-hybridized carbons (Fsp3) is 0.895. The van der Waals surface area contributed by atoms with Crippen LogP contribution in [0.5, 0.6) is 0 Å². The molecule has 2 rings (SSSR count). The molecular formula is C19H30N2O2. The van der Waals surface area contributed by atoms with Crippen molar-refractivity contribution in [3.63, 3.8) is 0 Å². The van der Waals surface area contributed by atoms with Crippen molar-refractivity contribution >= 4 is 6.08 Å². The van der Waals surface area contributed by atoms with Gasteiger partial charge in [-0.25, -0.2) is 9.79 Å². The summed E-state index contributed by atoms with van der Waals surface area (Å²) in [7, 11) is 0. The summed E-state index contributed by atoms with van der Waals surface area (Å²) in [6, 6.07) is 0.154. The number of nitriles is 1. The monoisotopic (exact) mass is 318 g/mol. The van der Waals surface area contributed by atoms with Crippen LogP contribution in [0.2, 0.25) is 0 Å². The molecule has 0 amide bonds. The summed E-state index contributed by atoms with van der Waals surface area (Å²) in [6.45, 7) is 8.87. The first-order chi connectivity index (χ1) is 11.0. The SMILES string of the molecule is CC1CC(CC2CC(C)C(OC#N)C(C)C2)CC(C)C1N=C=O. The van der Waals surface area contributed by atoms with Crippen LogP contribution in [0.15, 0.2) is 4.99 Å². The molecular weight excluding hydrogens is 288 g/mol. The van der Waals surface area contributed by atoms with Crippen molar-refractivity contribution in [3.05, 3.63) is 0 Å². The van der Waals surface area contributed by atoms with Crippen molar-refractivity contribution in [2.75, 3.05) is 0 Å². The van der Waals surface area contributed by atoms with Crippen LogP contribution >= 0.6 is 0 Å². The summed E-state index contributed by atoms with van der Waals surface area (Å²) in [5.41, 5.74) is 0. The van der Waals surface area contributed by atoms with Crippen LogP contribution in [0.4, 0.5) is 0 Å². The summed E-state index contributed by atoms with van der Waals surface area (Å²) in [6.07, 6.45) is 9.64. The van der Waals surface area contributed by atoms with E-state index in [1.807, 2.05) is 6.26 Å². The molecule has 2 aliphatic carbocycles. The topological polar surface area (TPSA) is 62.4 Å². The molecule has 4 nitrogen and oxygen atoms in total. The first-order valence-electron chi connectivity index (χ1n) is 9.07. The average molecular weight is 318 g/mol. The van der Waals surface area contributed by atoms with E-state index in [1.54, 1.807) is 6.08 Å². The molecule has 0 saturated heterocycles. The maximum atomic E-state index is 10.6. The molecule has 0 aliphatic heterocycles. The number of carbonyl (C=O) groups excluding carboxylic acids is 1. The molecule has 0 heterocycles. The summed E-state index contributed by atoms with van der Waals surface area (Å²) < 4.78 is 5.28. The van der Waals surface area contributed by atoms with Gasteiger partial charge in [0.2, 0.25) is 6.08 Å². The zero-order valence-electron chi connectivity index (χ0n) is 14.9. The molecule has 2 saturated carbocycles. The van der Waals surface area contributed by atoms with Crippen molar-refractivity contribution in [2.45, 2.75) is 71.9 Å². The Bertz CT molecular complexity index is 456. The maximum Gasteiger partial charge on any atom is 0.286 e. The molecule has 0 bridgehead atoms. The Balaban J connectivity index is 1.91. The van der Waals surface area contributed by atoms with Gasteiger partial charge in [0, 0.05) is 0 Å². The molecule has 4 heteroatoms. The minimum Gasteiger partial charge on any atom is -0.424 e. The molecule has 0 aromatic rings. The number of aliphatic imine (C=N–C) groups is 1. The largest absolute Gasteiger partial charge is 0.424 e. The highest BCUT2D eigenvalue weighted by Crippen LogP contribution is 2.43. The normalized spacial score (nSPS) is 44.0. The number of hydrogen-bond donors (Lipinski definition) is 0. The smallest absolute Gasteiger partial charge is 0.286 e. The highest BCUT2D eigenvalue weighted by Gasteiger charge is 2.38. The second-order valence-corrected chi connectivity index (χ2v) is 8.20. The summed E-state index contributed by atoms with van der Waals surface area (Å²) in [5, 5.41) is 8.80. The first kappa shape index (κ1) is 18.0. The Morgan fingerprint density at radius 3 is 1.87 bits per heavy atom. The van der Waals surface area contributed by atoms with E-state index in [9.17, 15) is 4.79 Å². The molecule has 2 aliphatic rings. The standard InChI is InChI=1S/C19H30N2O2/c1-12-5-16(6-13(2)18(12)21-11-22)9-17-7-14(3)19(23-10-20)15(4)8-17/h12-19H,5-9H2,1-4H3. The van der Waals surface area contributed by atoms with Gasteiger partial charge in [0.05, 0.1) is 6.04 Å². The lowest BCUT2D eigenvalue weighted by Crippen LogP contribution is -2.38. The van der Waals surface area contributed by atoms with Gasteiger partial charge < -0.3 is 4.74 Å². The predicted octanol–water partition coefficient (Wildman–Crippen LogP) is 4.31. The van der Waals surface area contributed by atoms with E-state index in [0.29, 0.717) is 23.7 Å². The Kier molecular flexibility index (Phi) is 6.25. The third-order valence-electron chi connectivity index (χ3n) is 6.17. The van der Waals surface area contributed by atoms with Crippen LogP contribution in [-0.4, -0.2) is 18.2 Å². The first-order valence-corrected chi connectivity index (χ1v) is 9.07. The van der Waals surface area contributed by atoms with Gasteiger partial charge in [0.15, 0.2) is 0 Å². The van der Waals surface area contributed by atoms with Gasteiger partial charge in [-0.05, 0) is 67.6 Å². The van der Waals surface area contributed by atoms with Crippen molar-refractivity contribution in [1.29, 1.82) is 5.26 Å².